The first-order valence-corrected chi connectivity index (χ1v) is 6.04. The van der Waals surface area contributed by atoms with Crippen molar-refractivity contribution in [2.45, 2.75) is 27.7 Å². The van der Waals surface area contributed by atoms with Crippen molar-refractivity contribution in [2.75, 3.05) is 0 Å². The smallest absolute Gasteiger partial charge is 0.199 e. The predicted octanol–water partition coefficient (Wildman–Crippen LogP) is 3.41. The first-order valence-electron chi connectivity index (χ1n) is 6.04. The summed E-state index contributed by atoms with van der Waals surface area (Å²) >= 11 is 0. The largest absolute Gasteiger partial charge is 0.212 e. The fourth-order valence-corrected chi connectivity index (χ4v) is 2.20. The van der Waals surface area contributed by atoms with Crippen molar-refractivity contribution in [1.82, 2.24) is 0 Å². The third kappa shape index (κ3) is 2.10. The van der Waals surface area contributed by atoms with Crippen LogP contribution in [0.15, 0.2) is 30.3 Å². The second-order valence-electron chi connectivity index (χ2n) is 4.86. The van der Waals surface area contributed by atoms with E-state index < -0.39 is 0 Å². The maximum absolute atomic E-state index is 2.29. The summed E-state index contributed by atoms with van der Waals surface area (Å²) in [5.74, 6) is 0. The second kappa shape index (κ2) is 4.33. The molecular weight excluding hydrogens is 206 g/mol. The molecule has 1 aromatic heterocycles. The Hall–Kier alpha value is -1.63. The Kier molecular flexibility index (Phi) is 3.01. The summed E-state index contributed by atoms with van der Waals surface area (Å²) in [7, 11) is 2.12. The molecular formula is C16H20N+. The average Bonchev–Trinajstić information content (AvgIpc) is 2.28. The molecule has 1 nitrogen and oxygen atoms in total. The molecule has 0 aliphatic heterocycles. The zero-order valence-electron chi connectivity index (χ0n) is 11.3. The third-order valence-electron chi connectivity index (χ3n) is 3.60. The summed E-state index contributed by atoms with van der Waals surface area (Å²) < 4.78 is 2.25. The number of nitrogens with zero attached hydrogens (tertiary/aromatic N) is 1. The molecule has 2 aromatic rings. The van der Waals surface area contributed by atoms with Gasteiger partial charge in [0.15, 0.2) is 5.69 Å². The van der Waals surface area contributed by atoms with Crippen molar-refractivity contribution in [3.05, 3.63) is 52.7 Å². The van der Waals surface area contributed by atoms with Gasteiger partial charge in [-0.2, -0.15) is 4.57 Å². The summed E-state index contributed by atoms with van der Waals surface area (Å²) in [4.78, 5) is 0. The molecule has 0 saturated carbocycles. The third-order valence-corrected chi connectivity index (χ3v) is 3.60. The lowest BCUT2D eigenvalue weighted by molar-refractivity contribution is -0.666. The fraction of sp³-hybridized carbons (Fsp3) is 0.312. The number of pyridine rings is 1. The molecule has 0 N–H and O–H groups in total. The number of hydrogen-bond donors (Lipinski definition) is 0. The second-order valence-corrected chi connectivity index (χ2v) is 4.86. The molecule has 0 fully saturated rings. The molecule has 0 amide bonds. The molecule has 0 radical (unpaired) electrons. The lowest BCUT2D eigenvalue weighted by Gasteiger charge is -2.09. The first-order chi connectivity index (χ1) is 8.00. The minimum absolute atomic E-state index is 1.28. The van der Waals surface area contributed by atoms with E-state index in [1.807, 2.05) is 0 Å². The Morgan fingerprint density at radius 3 is 2.18 bits per heavy atom. The summed E-state index contributed by atoms with van der Waals surface area (Å²) in [5, 5.41) is 0. The summed E-state index contributed by atoms with van der Waals surface area (Å²) in [6, 6.07) is 11.0. The van der Waals surface area contributed by atoms with E-state index in [9.17, 15) is 0 Å². The van der Waals surface area contributed by atoms with Crippen LogP contribution in [0.5, 0.6) is 0 Å². The molecule has 1 aromatic carbocycles. The van der Waals surface area contributed by atoms with E-state index in [1.54, 1.807) is 0 Å². The van der Waals surface area contributed by atoms with Gasteiger partial charge in [-0.05, 0) is 49.6 Å². The zero-order chi connectivity index (χ0) is 12.6. The Morgan fingerprint density at radius 2 is 1.47 bits per heavy atom. The van der Waals surface area contributed by atoms with E-state index in [0.29, 0.717) is 0 Å². The Labute approximate surface area is 104 Å². The van der Waals surface area contributed by atoms with Crippen molar-refractivity contribution in [3.63, 3.8) is 0 Å². The van der Waals surface area contributed by atoms with Crippen LogP contribution in [0, 0.1) is 27.7 Å². The molecule has 88 valence electrons. The van der Waals surface area contributed by atoms with E-state index in [2.05, 4.69) is 69.6 Å². The minimum atomic E-state index is 1.28. The highest BCUT2D eigenvalue weighted by Crippen LogP contribution is 2.23. The van der Waals surface area contributed by atoms with Gasteiger partial charge in [0.25, 0.3) is 0 Å². The van der Waals surface area contributed by atoms with Crippen LogP contribution in [-0.2, 0) is 7.05 Å². The van der Waals surface area contributed by atoms with Crippen molar-refractivity contribution < 1.29 is 4.57 Å². The molecule has 0 aliphatic rings. The van der Waals surface area contributed by atoms with Gasteiger partial charge in [0, 0.05) is 24.6 Å². The van der Waals surface area contributed by atoms with E-state index in [1.165, 1.54) is 33.6 Å². The van der Waals surface area contributed by atoms with Gasteiger partial charge in [0.2, 0.25) is 5.69 Å². The van der Waals surface area contributed by atoms with Crippen molar-refractivity contribution in [1.29, 1.82) is 0 Å². The fourth-order valence-electron chi connectivity index (χ4n) is 2.20. The molecule has 17 heavy (non-hydrogen) atoms. The van der Waals surface area contributed by atoms with Crippen LogP contribution in [0.2, 0.25) is 0 Å². The number of aryl methyl sites for hydroxylation is 4. The Bertz CT molecular complexity index is 568. The van der Waals surface area contributed by atoms with Crippen molar-refractivity contribution in [2.24, 2.45) is 7.05 Å². The maximum Gasteiger partial charge on any atom is 0.212 e. The highest BCUT2D eigenvalue weighted by atomic mass is 14.9. The van der Waals surface area contributed by atoms with Crippen LogP contribution >= 0.6 is 0 Å². The molecule has 0 unspecified atom stereocenters. The molecule has 2 rings (SSSR count). The van der Waals surface area contributed by atoms with E-state index in [4.69, 9.17) is 0 Å². The van der Waals surface area contributed by atoms with E-state index in [0.717, 1.165) is 0 Å². The zero-order valence-corrected chi connectivity index (χ0v) is 11.3. The first kappa shape index (κ1) is 11.8. The predicted molar refractivity (Wildman–Crippen MR) is 72.0 cm³/mol. The molecule has 1 heterocycles. The van der Waals surface area contributed by atoms with Crippen LogP contribution in [0.1, 0.15) is 22.4 Å². The van der Waals surface area contributed by atoms with Crippen LogP contribution in [0.25, 0.3) is 11.3 Å². The van der Waals surface area contributed by atoms with Crippen molar-refractivity contribution >= 4 is 0 Å². The molecule has 1 heteroatoms. The Balaban J connectivity index is 2.69. The molecule has 0 atom stereocenters. The Morgan fingerprint density at radius 1 is 0.824 bits per heavy atom. The van der Waals surface area contributed by atoms with Gasteiger partial charge in [-0.3, -0.25) is 0 Å². The standard InChI is InChI=1S/C16H20N/c1-11-9-13(3)15(10-12(11)2)16-8-6-7-14(4)17(16)5/h6-10H,1-5H3/q+1. The minimum Gasteiger partial charge on any atom is -0.199 e. The van der Waals surface area contributed by atoms with E-state index >= 15 is 0 Å². The van der Waals surface area contributed by atoms with Gasteiger partial charge >= 0.3 is 0 Å². The quantitative estimate of drug-likeness (QED) is 0.656. The normalized spacial score (nSPS) is 10.6. The molecule has 0 spiro atoms. The van der Waals surface area contributed by atoms with Crippen LogP contribution < -0.4 is 4.57 Å². The lowest BCUT2D eigenvalue weighted by Crippen LogP contribution is -2.34. The SMILES string of the molecule is Cc1cc(C)c(-c2cccc(C)[n+]2C)cc1C. The summed E-state index contributed by atoms with van der Waals surface area (Å²) in [6.45, 7) is 8.67. The van der Waals surface area contributed by atoms with E-state index in [-0.39, 0.29) is 0 Å². The van der Waals surface area contributed by atoms with Gasteiger partial charge in [-0.25, -0.2) is 0 Å². The monoisotopic (exact) mass is 226 g/mol. The highest BCUT2D eigenvalue weighted by Gasteiger charge is 2.14. The summed E-state index contributed by atoms with van der Waals surface area (Å²) in [5.41, 5.74) is 7.95. The van der Waals surface area contributed by atoms with Gasteiger partial charge in [-0.1, -0.05) is 6.07 Å². The molecule has 0 aliphatic carbocycles. The van der Waals surface area contributed by atoms with Crippen LogP contribution in [0.4, 0.5) is 0 Å². The van der Waals surface area contributed by atoms with Crippen LogP contribution in [0.3, 0.4) is 0 Å². The molecule has 0 bridgehead atoms. The number of aromatic nitrogens is 1. The topological polar surface area (TPSA) is 3.88 Å². The maximum atomic E-state index is 2.29. The lowest BCUT2D eigenvalue weighted by atomic mass is 9.98. The number of hydrogen-bond acceptors (Lipinski definition) is 0. The summed E-state index contributed by atoms with van der Waals surface area (Å²) in [6.07, 6.45) is 0. The number of benzene rings is 1. The number of rotatable bonds is 1. The van der Waals surface area contributed by atoms with Gasteiger partial charge in [0.1, 0.15) is 7.05 Å². The average molecular weight is 226 g/mol. The van der Waals surface area contributed by atoms with Gasteiger partial charge in [-0.15, -0.1) is 0 Å². The molecule has 0 saturated heterocycles. The van der Waals surface area contributed by atoms with Crippen molar-refractivity contribution in [3.8, 4) is 11.3 Å². The van der Waals surface area contributed by atoms with Gasteiger partial charge in [0.05, 0.1) is 0 Å². The van der Waals surface area contributed by atoms with Gasteiger partial charge < -0.3 is 0 Å². The highest BCUT2D eigenvalue weighted by molar-refractivity contribution is 5.63. The van der Waals surface area contributed by atoms with Crippen LogP contribution in [-0.4, -0.2) is 0 Å².